The summed E-state index contributed by atoms with van der Waals surface area (Å²) < 4.78 is 39.1. The fourth-order valence-electron chi connectivity index (χ4n) is 2.02. The Bertz CT molecular complexity index is 672. The van der Waals surface area contributed by atoms with Gasteiger partial charge in [0, 0.05) is 5.02 Å². The first-order valence-electron chi connectivity index (χ1n) is 5.75. The summed E-state index contributed by atoms with van der Waals surface area (Å²) in [6.07, 6.45) is -4.44. The van der Waals surface area contributed by atoms with Crippen LogP contribution in [0.1, 0.15) is 11.1 Å². The van der Waals surface area contributed by atoms with Gasteiger partial charge < -0.3 is 0 Å². The molecule has 0 amide bonds. The van der Waals surface area contributed by atoms with Gasteiger partial charge in [0.25, 0.3) is 0 Å². The Hall–Kier alpha value is -1.99. The van der Waals surface area contributed by atoms with Crippen LogP contribution in [0, 0.1) is 11.3 Å². The highest BCUT2D eigenvalue weighted by atomic mass is 35.5. The van der Waals surface area contributed by atoms with Crippen LogP contribution >= 0.6 is 11.6 Å². The minimum atomic E-state index is -4.44. The summed E-state index contributed by atoms with van der Waals surface area (Å²) in [6.45, 7) is 0. The molecule has 0 saturated heterocycles. The van der Waals surface area contributed by atoms with E-state index in [-0.39, 0.29) is 12.0 Å². The van der Waals surface area contributed by atoms with Crippen LogP contribution in [0.25, 0.3) is 11.1 Å². The third-order valence-electron chi connectivity index (χ3n) is 2.86. The lowest BCUT2D eigenvalue weighted by atomic mass is 9.94. The molecule has 0 aliphatic carbocycles. The summed E-state index contributed by atoms with van der Waals surface area (Å²) >= 11 is 5.84. The number of alkyl halides is 3. The zero-order chi connectivity index (χ0) is 14.8. The van der Waals surface area contributed by atoms with Gasteiger partial charge in [-0.2, -0.15) is 18.4 Å². The molecule has 0 aliphatic rings. The summed E-state index contributed by atoms with van der Waals surface area (Å²) in [6, 6.07) is 11.8. The SMILES string of the molecule is N#CCc1cc(Cl)ccc1-c1ccccc1C(F)(F)F. The van der Waals surface area contributed by atoms with Crippen LogP contribution in [0.4, 0.5) is 13.2 Å². The number of benzene rings is 2. The van der Waals surface area contributed by atoms with E-state index >= 15 is 0 Å². The Morgan fingerprint density at radius 2 is 1.75 bits per heavy atom. The van der Waals surface area contributed by atoms with Gasteiger partial charge >= 0.3 is 6.18 Å². The van der Waals surface area contributed by atoms with E-state index in [2.05, 4.69) is 0 Å². The van der Waals surface area contributed by atoms with E-state index in [0.717, 1.165) is 6.07 Å². The molecule has 0 saturated carbocycles. The lowest BCUT2D eigenvalue weighted by Crippen LogP contribution is -2.07. The lowest BCUT2D eigenvalue weighted by molar-refractivity contribution is -0.137. The van der Waals surface area contributed by atoms with Crippen molar-refractivity contribution >= 4 is 11.6 Å². The third-order valence-corrected chi connectivity index (χ3v) is 3.09. The maximum atomic E-state index is 13.0. The zero-order valence-corrected chi connectivity index (χ0v) is 11.0. The van der Waals surface area contributed by atoms with Gasteiger partial charge in [-0.1, -0.05) is 35.9 Å². The molecule has 2 rings (SSSR count). The molecule has 0 spiro atoms. The number of nitriles is 1. The van der Waals surface area contributed by atoms with Crippen LogP contribution in [0.2, 0.25) is 5.02 Å². The van der Waals surface area contributed by atoms with Crippen LogP contribution in [-0.4, -0.2) is 0 Å². The number of hydrogen-bond donors (Lipinski definition) is 0. The largest absolute Gasteiger partial charge is 0.417 e. The number of rotatable bonds is 2. The molecule has 5 heteroatoms. The van der Waals surface area contributed by atoms with Crippen molar-refractivity contribution in [3.63, 3.8) is 0 Å². The quantitative estimate of drug-likeness (QED) is 0.757. The molecule has 0 heterocycles. The van der Waals surface area contributed by atoms with Crippen molar-refractivity contribution in [1.29, 1.82) is 5.26 Å². The predicted octanol–water partition coefficient (Wildman–Crippen LogP) is 5.09. The molecule has 0 N–H and O–H groups in total. The monoisotopic (exact) mass is 295 g/mol. The van der Waals surface area contributed by atoms with Gasteiger partial charge in [0.05, 0.1) is 18.1 Å². The van der Waals surface area contributed by atoms with Crippen LogP contribution in [0.3, 0.4) is 0 Å². The average molecular weight is 296 g/mol. The van der Waals surface area contributed by atoms with E-state index in [4.69, 9.17) is 16.9 Å². The normalized spacial score (nSPS) is 11.2. The number of nitrogens with zero attached hydrogens (tertiary/aromatic N) is 1. The third kappa shape index (κ3) is 2.94. The van der Waals surface area contributed by atoms with Crippen molar-refractivity contribution in [3.05, 3.63) is 58.6 Å². The maximum Gasteiger partial charge on any atom is 0.417 e. The van der Waals surface area contributed by atoms with Gasteiger partial charge in [-0.15, -0.1) is 0 Å². The summed E-state index contributed by atoms with van der Waals surface area (Å²) in [5.74, 6) is 0. The second-order valence-corrected chi connectivity index (χ2v) is 4.62. The highest BCUT2D eigenvalue weighted by Crippen LogP contribution is 2.38. The fourth-order valence-corrected chi connectivity index (χ4v) is 2.22. The standard InChI is InChI=1S/C15H9ClF3N/c16-11-5-6-12(10(9-11)7-8-20)13-3-1-2-4-14(13)15(17,18)19/h1-6,9H,7H2. The summed E-state index contributed by atoms with van der Waals surface area (Å²) in [7, 11) is 0. The summed E-state index contributed by atoms with van der Waals surface area (Å²) in [4.78, 5) is 0. The van der Waals surface area contributed by atoms with Crippen molar-refractivity contribution in [2.24, 2.45) is 0 Å². The molecule has 0 unspecified atom stereocenters. The van der Waals surface area contributed by atoms with Crippen LogP contribution in [0.5, 0.6) is 0 Å². The first-order valence-corrected chi connectivity index (χ1v) is 6.13. The average Bonchev–Trinajstić information content (AvgIpc) is 2.38. The van der Waals surface area contributed by atoms with Crippen LogP contribution in [-0.2, 0) is 12.6 Å². The van der Waals surface area contributed by atoms with Gasteiger partial charge in [0.15, 0.2) is 0 Å². The highest BCUT2D eigenvalue weighted by Gasteiger charge is 2.33. The molecule has 1 nitrogen and oxygen atoms in total. The molecule has 0 aliphatic heterocycles. The Balaban J connectivity index is 2.67. The predicted molar refractivity (Wildman–Crippen MR) is 71.2 cm³/mol. The fraction of sp³-hybridized carbons (Fsp3) is 0.133. The van der Waals surface area contributed by atoms with Crippen molar-refractivity contribution in [3.8, 4) is 17.2 Å². The van der Waals surface area contributed by atoms with Crippen molar-refractivity contribution in [2.45, 2.75) is 12.6 Å². The van der Waals surface area contributed by atoms with E-state index in [1.54, 1.807) is 0 Å². The number of hydrogen-bond acceptors (Lipinski definition) is 1. The molecule has 2 aromatic rings. The van der Waals surface area contributed by atoms with Gasteiger partial charge in [0.2, 0.25) is 0 Å². The molecular weight excluding hydrogens is 287 g/mol. The zero-order valence-electron chi connectivity index (χ0n) is 10.2. The highest BCUT2D eigenvalue weighted by molar-refractivity contribution is 6.30. The number of halogens is 4. The molecule has 0 bridgehead atoms. The first-order chi connectivity index (χ1) is 9.43. The Morgan fingerprint density at radius 3 is 2.40 bits per heavy atom. The van der Waals surface area contributed by atoms with Crippen LogP contribution in [0.15, 0.2) is 42.5 Å². The smallest absolute Gasteiger partial charge is 0.198 e. The molecule has 0 radical (unpaired) electrons. The molecule has 20 heavy (non-hydrogen) atoms. The molecule has 0 atom stereocenters. The van der Waals surface area contributed by atoms with Gasteiger partial charge in [0.1, 0.15) is 0 Å². The minimum Gasteiger partial charge on any atom is -0.198 e. The molecule has 102 valence electrons. The van der Waals surface area contributed by atoms with Crippen LogP contribution < -0.4 is 0 Å². The van der Waals surface area contributed by atoms with E-state index in [0.29, 0.717) is 16.1 Å². The second kappa shape index (κ2) is 5.56. The Kier molecular flexibility index (Phi) is 4.01. The topological polar surface area (TPSA) is 23.8 Å². The molecular formula is C15H9ClF3N. The van der Waals surface area contributed by atoms with E-state index in [1.165, 1.54) is 36.4 Å². The van der Waals surface area contributed by atoms with Gasteiger partial charge in [-0.25, -0.2) is 0 Å². The second-order valence-electron chi connectivity index (χ2n) is 4.18. The summed E-state index contributed by atoms with van der Waals surface area (Å²) in [5.41, 5.74) is 0.198. The van der Waals surface area contributed by atoms with Crippen molar-refractivity contribution in [2.75, 3.05) is 0 Å². The van der Waals surface area contributed by atoms with Gasteiger partial charge in [-0.05, 0) is 34.9 Å². The van der Waals surface area contributed by atoms with Gasteiger partial charge in [-0.3, -0.25) is 0 Å². The van der Waals surface area contributed by atoms with E-state index in [1.807, 2.05) is 6.07 Å². The van der Waals surface area contributed by atoms with E-state index < -0.39 is 11.7 Å². The molecule has 0 fully saturated rings. The first kappa shape index (κ1) is 14.4. The molecule has 0 aromatic heterocycles. The van der Waals surface area contributed by atoms with Crippen molar-refractivity contribution < 1.29 is 13.2 Å². The Labute approximate surface area is 119 Å². The molecule has 2 aromatic carbocycles. The lowest BCUT2D eigenvalue weighted by Gasteiger charge is -2.15. The Morgan fingerprint density at radius 1 is 1.05 bits per heavy atom. The minimum absolute atomic E-state index is 0.00207. The van der Waals surface area contributed by atoms with Crippen molar-refractivity contribution in [1.82, 2.24) is 0 Å². The maximum absolute atomic E-state index is 13.0. The van der Waals surface area contributed by atoms with E-state index in [9.17, 15) is 13.2 Å². The summed E-state index contributed by atoms with van der Waals surface area (Å²) in [5, 5.41) is 9.19.